The van der Waals surface area contributed by atoms with Crippen LogP contribution in [0, 0.1) is 6.92 Å². The summed E-state index contributed by atoms with van der Waals surface area (Å²) in [6, 6.07) is 3.62. The van der Waals surface area contributed by atoms with Gasteiger partial charge in [0.1, 0.15) is 5.75 Å². The van der Waals surface area contributed by atoms with E-state index in [1.807, 2.05) is 26.2 Å². The number of aryl methyl sites for hydroxylation is 3. The molecule has 0 bridgehead atoms. The molecule has 4 aromatic rings. The molecule has 156 valence electrons. The number of pyridine rings is 1. The van der Waals surface area contributed by atoms with E-state index in [1.54, 1.807) is 21.5 Å². The first kappa shape index (κ1) is 21.2. The SMILES string of the molecule is C=C.Cc1c(O)c(-c2ncc3c(=O)n(CCCCN)ccc3n2)cc2cn(C)nc12. The molecule has 30 heavy (non-hydrogen) atoms. The van der Waals surface area contributed by atoms with E-state index in [-0.39, 0.29) is 11.3 Å². The van der Waals surface area contributed by atoms with Crippen LogP contribution in [0.25, 0.3) is 33.2 Å². The molecule has 3 N–H and O–H groups in total. The average Bonchev–Trinajstić information content (AvgIpc) is 3.14. The third-order valence-corrected chi connectivity index (χ3v) is 4.94. The van der Waals surface area contributed by atoms with Crippen molar-refractivity contribution in [1.29, 1.82) is 0 Å². The number of fused-ring (bicyclic) bond motifs is 2. The van der Waals surface area contributed by atoms with E-state index in [9.17, 15) is 9.90 Å². The number of hydrogen-bond donors (Lipinski definition) is 2. The molecule has 0 atom stereocenters. The van der Waals surface area contributed by atoms with Gasteiger partial charge in [-0.15, -0.1) is 13.2 Å². The lowest BCUT2D eigenvalue weighted by Crippen LogP contribution is -2.20. The van der Waals surface area contributed by atoms with Crippen LogP contribution in [-0.4, -0.2) is 36.0 Å². The standard InChI is InChI=1S/C20H22N6O2.C2H4/c1-12-17-13(11-25(2)24-17)9-14(18(12)27)19-22-10-15-16(23-19)5-8-26(20(15)28)7-4-3-6-21;1-2/h5,8-11,27H,3-4,6-7,21H2,1-2H3;1-2H2. The Morgan fingerprint density at radius 2 is 2.03 bits per heavy atom. The summed E-state index contributed by atoms with van der Waals surface area (Å²) in [6.07, 6.45) is 6.87. The van der Waals surface area contributed by atoms with Crippen LogP contribution in [-0.2, 0) is 13.6 Å². The Morgan fingerprint density at radius 1 is 1.27 bits per heavy atom. The fraction of sp³-hybridized carbons (Fsp3) is 0.273. The average molecular weight is 406 g/mol. The number of aromatic hydroxyl groups is 1. The first-order valence-electron chi connectivity index (χ1n) is 9.72. The minimum Gasteiger partial charge on any atom is -0.507 e. The lowest BCUT2D eigenvalue weighted by atomic mass is 10.1. The summed E-state index contributed by atoms with van der Waals surface area (Å²) in [4.78, 5) is 21.5. The summed E-state index contributed by atoms with van der Waals surface area (Å²) in [5.41, 5.74) is 7.88. The molecule has 0 radical (unpaired) electrons. The van der Waals surface area contributed by atoms with Gasteiger partial charge in [-0.2, -0.15) is 5.10 Å². The van der Waals surface area contributed by atoms with Crippen LogP contribution in [0.5, 0.6) is 5.75 Å². The van der Waals surface area contributed by atoms with Crippen LogP contribution in [0.3, 0.4) is 0 Å². The van der Waals surface area contributed by atoms with E-state index in [0.717, 1.165) is 23.7 Å². The number of phenolic OH excluding ortho intramolecular Hbond substituents is 1. The number of nitrogens with two attached hydrogens (primary N) is 1. The number of rotatable bonds is 5. The van der Waals surface area contributed by atoms with Gasteiger partial charge in [0.15, 0.2) is 5.82 Å². The normalized spacial score (nSPS) is 10.9. The van der Waals surface area contributed by atoms with Crippen LogP contribution < -0.4 is 11.3 Å². The number of phenols is 1. The van der Waals surface area contributed by atoms with Gasteiger partial charge in [-0.05, 0) is 38.4 Å². The first-order valence-corrected chi connectivity index (χ1v) is 9.72. The molecule has 0 fully saturated rings. The predicted molar refractivity (Wildman–Crippen MR) is 119 cm³/mol. The Kier molecular flexibility index (Phi) is 6.27. The molecule has 8 nitrogen and oxygen atoms in total. The Morgan fingerprint density at radius 3 is 2.77 bits per heavy atom. The molecule has 8 heteroatoms. The highest BCUT2D eigenvalue weighted by atomic mass is 16.3. The molecular weight excluding hydrogens is 380 g/mol. The molecule has 0 amide bonds. The first-order chi connectivity index (χ1) is 14.5. The number of benzene rings is 1. The van der Waals surface area contributed by atoms with Gasteiger partial charge in [0.25, 0.3) is 5.56 Å². The highest BCUT2D eigenvalue weighted by Crippen LogP contribution is 2.35. The zero-order chi connectivity index (χ0) is 21.8. The molecule has 0 saturated carbocycles. The highest BCUT2D eigenvalue weighted by Gasteiger charge is 2.16. The lowest BCUT2D eigenvalue weighted by molar-refractivity contribution is 0.473. The van der Waals surface area contributed by atoms with Crippen molar-refractivity contribution >= 4 is 21.8 Å². The molecule has 0 saturated heterocycles. The van der Waals surface area contributed by atoms with E-state index in [1.165, 1.54) is 6.20 Å². The highest BCUT2D eigenvalue weighted by molar-refractivity contribution is 5.90. The summed E-state index contributed by atoms with van der Waals surface area (Å²) < 4.78 is 3.36. The van der Waals surface area contributed by atoms with Crippen molar-refractivity contribution in [3.05, 3.63) is 59.8 Å². The Hall–Kier alpha value is -3.52. The molecule has 0 spiro atoms. The fourth-order valence-corrected chi connectivity index (χ4v) is 3.41. The van der Waals surface area contributed by atoms with Gasteiger partial charge >= 0.3 is 0 Å². The second-order valence-corrected chi connectivity index (χ2v) is 6.94. The van der Waals surface area contributed by atoms with Crippen LogP contribution >= 0.6 is 0 Å². The third kappa shape index (κ3) is 3.81. The van der Waals surface area contributed by atoms with Crippen molar-refractivity contribution in [1.82, 2.24) is 24.3 Å². The van der Waals surface area contributed by atoms with E-state index in [0.29, 0.717) is 40.9 Å². The van der Waals surface area contributed by atoms with Crippen molar-refractivity contribution in [2.45, 2.75) is 26.3 Å². The Balaban J connectivity index is 0.00000124. The summed E-state index contributed by atoms with van der Waals surface area (Å²) in [5, 5.41) is 16.4. The molecule has 1 aromatic carbocycles. The number of unbranched alkanes of at least 4 members (excludes halogenated alkanes) is 1. The van der Waals surface area contributed by atoms with E-state index < -0.39 is 0 Å². The monoisotopic (exact) mass is 406 g/mol. The van der Waals surface area contributed by atoms with Crippen molar-refractivity contribution in [2.24, 2.45) is 12.8 Å². The topological polar surface area (TPSA) is 112 Å². The van der Waals surface area contributed by atoms with Gasteiger partial charge in [0.2, 0.25) is 0 Å². The summed E-state index contributed by atoms with van der Waals surface area (Å²) in [5.74, 6) is 0.472. The zero-order valence-electron chi connectivity index (χ0n) is 17.3. The maximum Gasteiger partial charge on any atom is 0.261 e. The molecule has 0 unspecified atom stereocenters. The van der Waals surface area contributed by atoms with Gasteiger partial charge < -0.3 is 15.4 Å². The molecule has 3 heterocycles. The molecular formula is C22H26N6O2. The van der Waals surface area contributed by atoms with Gasteiger partial charge in [0.05, 0.1) is 22.0 Å². The van der Waals surface area contributed by atoms with Crippen LogP contribution in [0.4, 0.5) is 0 Å². The third-order valence-electron chi connectivity index (χ3n) is 4.94. The van der Waals surface area contributed by atoms with E-state index in [2.05, 4.69) is 28.2 Å². The van der Waals surface area contributed by atoms with Gasteiger partial charge in [0, 0.05) is 43.1 Å². The van der Waals surface area contributed by atoms with Crippen LogP contribution in [0.1, 0.15) is 18.4 Å². The van der Waals surface area contributed by atoms with E-state index >= 15 is 0 Å². The molecule has 0 aliphatic carbocycles. The maximum absolute atomic E-state index is 12.7. The summed E-state index contributed by atoms with van der Waals surface area (Å²) in [6.45, 7) is 9.04. The smallest absolute Gasteiger partial charge is 0.261 e. The second kappa shape index (κ2) is 8.87. The molecule has 3 aromatic heterocycles. The van der Waals surface area contributed by atoms with Crippen molar-refractivity contribution in [2.75, 3.05) is 6.54 Å². The zero-order valence-corrected chi connectivity index (χ0v) is 17.3. The lowest BCUT2D eigenvalue weighted by Gasteiger charge is -2.09. The second-order valence-electron chi connectivity index (χ2n) is 6.94. The molecule has 4 rings (SSSR count). The summed E-state index contributed by atoms with van der Waals surface area (Å²) in [7, 11) is 1.83. The number of hydrogen-bond acceptors (Lipinski definition) is 6. The van der Waals surface area contributed by atoms with E-state index in [4.69, 9.17) is 5.73 Å². The van der Waals surface area contributed by atoms with Gasteiger partial charge in [-0.3, -0.25) is 9.48 Å². The number of nitrogens with zero attached hydrogens (tertiary/aromatic N) is 5. The Labute approximate surface area is 174 Å². The quantitative estimate of drug-likeness (QED) is 0.389. The van der Waals surface area contributed by atoms with Crippen molar-refractivity contribution in [3.8, 4) is 17.1 Å². The van der Waals surface area contributed by atoms with Gasteiger partial charge in [-0.1, -0.05) is 0 Å². The van der Waals surface area contributed by atoms with Crippen molar-refractivity contribution in [3.63, 3.8) is 0 Å². The van der Waals surface area contributed by atoms with Crippen LogP contribution in [0.2, 0.25) is 0 Å². The number of aromatic nitrogens is 5. The maximum atomic E-state index is 12.7. The van der Waals surface area contributed by atoms with Crippen LogP contribution in [0.15, 0.2) is 48.7 Å². The minimum atomic E-state index is -0.121. The molecule has 0 aliphatic heterocycles. The Bertz CT molecular complexity index is 1260. The fourth-order valence-electron chi connectivity index (χ4n) is 3.41. The summed E-state index contributed by atoms with van der Waals surface area (Å²) >= 11 is 0. The minimum absolute atomic E-state index is 0.0978. The largest absolute Gasteiger partial charge is 0.507 e. The molecule has 0 aliphatic rings. The van der Waals surface area contributed by atoms with Gasteiger partial charge in [-0.25, -0.2) is 9.97 Å². The predicted octanol–water partition coefficient (Wildman–Crippen LogP) is 2.90. The van der Waals surface area contributed by atoms with Crippen molar-refractivity contribution < 1.29 is 5.11 Å².